The van der Waals surface area contributed by atoms with Crippen LogP contribution in [0.1, 0.15) is 98.3 Å². The number of aliphatic hydroxyl groups excluding tert-OH is 3. The highest BCUT2D eigenvalue weighted by molar-refractivity contribution is 5.82. The fourth-order valence-corrected chi connectivity index (χ4v) is 4.26. The lowest BCUT2D eigenvalue weighted by Crippen LogP contribution is -2.38. The number of aliphatic carboxylic acids is 2. The fourth-order valence-electron chi connectivity index (χ4n) is 4.26. The lowest BCUT2D eigenvalue weighted by atomic mass is 9.89. The Kier molecular flexibility index (Phi) is 18.6. The van der Waals surface area contributed by atoms with Crippen molar-refractivity contribution in [2.24, 2.45) is 17.8 Å². The number of carbonyl (C=O) groups excluding carboxylic acids is 2. The molecule has 222 valence electrons. The van der Waals surface area contributed by atoms with Gasteiger partial charge in [0.05, 0.1) is 37.1 Å². The molecule has 0 saturated heterocycles. The average molecular weight is 548 g/mol. The van der Waals surface area contributed by atoms with E-state index in [0.29, 0.717) is 19.3 Å². The van der Waals surface area contributed by atoms with E-state index in [1.54, 1.807) is 0 Å². The third-order valence-corrected chi connectivity index (χ3v) is 6.82. The van der Waals surface area contributed by atoms with Gasteiger partial charge in [0.25, 0.3) is 0 Å². The van der Waals surface area contributed by atoms with Crippen molar-refractivity contribution in [1.82, 2.24) is 5.32 Å². The first-order valence-electron chi connectivity index (χ1n) is 13.7. The number of hydrogen-bond acceptors (Lipinski definition) is 8. The number of unbranched alkanes of at least 4 members (excludes halogenated alkanes) is 3. The van der Waals surface area contributed by atoms with Crippen molar-refractivity contribution in [2.75, 3.05) is 6.54 Å². The van der Waals surface area contributed by atoms with Gasteiger partial charge in [0.15, 0.2) is 0 Å². The Hall–Kier alpha value is -2.24. The van der Waals surface area contributed by atoms with E-state index in [4.69, 9.17) is 9.84 Å². The molecule has 6 N–H and O–H groups in total. The van der Waals surface area contributed by atoms with Crippen LogP contribution in [0.2, 0.25) is 0 Å². The molecule has 0 aliphatic heterocycles. The zero-order chi connectivity index (χ0) is 29.3. The Labute approximate surface area is 226 Å². The molecule has 0 spiro atoms. The number of carboxylic acids is 2. The quantitative estimate of drug-likeness (QED) is 0.0867. The van der Waals surface area contributed by atoms with E-state index in [1.165, 1.54) is 6.92 Å². The van der Waals surface area contributed by atoms with Gasteiger partial charge in [0.2, 0.25) is 5.91 Å². The first-order chi connectivity index (χ1) is 17.8. The van der Waals surface area contributed by atoms with Crippen molar-refractivity contribution in [2.45, 2.75) is 123 Å². The molecule has 0 heterocycles. The highest BCUT2D eigenvalue weighted by Crippen LogP contribution is 2.24. The van der Waals surface area contributed by atoms with Gasteiger partial charge in [0, 0.05) is 19.9 Å². The zero-order valence-corrected chi connectivity index (χ0v) is 23.3. The van der Waals surface area contributed by atoms with Gasteiger partial charge in [0.1, 0.15) is 6.10 Å². The minimum Gasteiger partial charge on any atom is -0.481 e. The number of esters is 1. The van der Waals surface area contributed by atoms with Gasteiger partial charge < -0.3 is 35.6 Å². The molecule has 0 bridgehead atoms. The summed E-state index contributed by atoms with van der Waals surface area (Å²) in [6, 6.07) is 0. The van der Waals surface area contributed by atoms with Crippen LogP contribution in [0.25, 0.3) is 0 Å². The van der Waals surface area contributed by atoms with Gasteiger partial charge in [-0.25, -0.2) is 0 Å². The highest BCUT2D eigenvalue weighted by atomic mass is 16.6. The first kappa shape index (κ1) is 35.8. The maximum atomic E-state index is 12.4. The third-order valence-electron chi connectivity index (χ3n) is 6.82. The fraction of sp³-hybridized carbons (Fsp3) is 0.852. The average Bonchev–Trinajstić information content (AvgIpc) is 2.82. The molecule has 0 saturated carbocycles. The molecule has 7 atom stereocenters. The van der Waals surface area contributed by atoms with Gasteiger partial charge in [-0.05, 0) is 24.7 Å². The van der Waals surface area contributed by atoms with Gasteiger partial charge >= 0.3 is 17.9 Å². The second kappa shape index (κ2) is 19.8. The van der Waals surface area contributed by atoms with Gasteiger partial charge in [-0.15, -0.1) is 0 Å². The lowest BCUT2D eigenvalue weighted by Gasteiger charge is -2.29. The number of hydrogen-bond donors (Lipinski definition) is 6. The summed E-state index contributed by atoms with van der Waals surface area (Å²) in [5.74, 6) is -5.17. The van der Waals surface area contributed by atoms with E-state index >= 15 is 0 Å². The van der Waals surface area contributed by atoms with E-state index in [-0.39, 0.29) is 30.7 Å². The number of ether oxygens (including phenoxy) is 1. The zero-order valence-electron chi connectivity index (χ0n) is 23.3. The van der Waals surface area contributed by atoms with Crippen LogP contribution in [-0.2, 0) is 23.9 Å². The van der Waals surface area contributed by atoms with Crippen molar-refractivity contribution in [3.8, 4) is 0 Å². The summed E-state index contributed by atoms with van der Waals surface area (Å²) in [5.41, 5.74) is 0. The molecule has 0 rings (SSSR count). The van der Waals surface area contributed by atoms with E-state index in [2.05, 4.69) is 5.32 Å². The Morgan fingerprint density at radius 2 is 1.45 bits per heavy atom. The van der Waals surface area contributed by atoms with Crippen LogP contribution in [0.5, 0.6) is 0 Å². The van der Waals surface area contributed by atoms with Crippen LogP contribution in [0.4, 0.5) is 0 Å². The third kappa shape index (κ3) is 17.3. The van der Waals surface area contributed by atoms with E-state index in [1.807, 2.05) is 20.8 Å². The molecule has 0 aliphatic carbocycles. The Morgan fingerprint density at radius 1 is 0.842 bits per heavy atom. The van der Waals surface area contributed by atoms with Crippen LogP contribution in [0.15, 0.2) is 0 Å². The molecule has 1 unspecified atom stereocenters. The van der Waals surface area contributed by atoms with Crippen molar-refractivity contribution in [1.29, 1.82) is 0 Å². The number of rotatable bonds is 22. The number of carbonyl (C=O) groups is 4. The summed E-state index contributed by atoms with van der Waals surface area (Å²) in [6.07, 6.45) is 1.79. The summed E-state index contributed by atoms with van der Waals surface area (Å²) in [7, 11) is 0. The molecular formula is C27H49NO10. The molecule has 0 aromatic carbocycles. The second-order valence-electron chi connectivity index (χ2n) is 10.6. The van der Waals surface area contributed by atoms with E-state index < -0.39 is 61.1 Å². The van der Waals surface area contributed by atoms with Crippen LogP contribution in [0.3, 0.4) is 0 Å². The molecule has 1 amide bonds. The molecule has 11 heteroatoms. The second-order valence-corrected chi connectivity index (χ2v) is 10.6. The maximum absolute atomic E-state index is 12.4. The number of amides is 1. The monoisotopic (exact) mass is 547 g/mol. The van der Waals surface area contributed by atoms with Crippen molar-refractivity contribution in [3.63, 3.8) is 0 Å². The van der Waals surface area contributed by atoms with Crippen LogP contribution in [0, 0.1) is 17.8 Å². The predicted molar refractivity (Wildman–Crippen MR) is 140 cm³/mol. The Balaban J connectivity index is 4.58. The molecule has 0 aromatic heterocycles. The largest absolute Gasteiger partial charge is 0.481 e. The van der Waals surface area contributed by atoms with Crippen LogP contribution >= 0.6 is 0 Å². The smallest absolute Gasteiger partial charge is 0.307 e. The standard InChI is InChI=1S/C27H49NO10/c1-5-18(3)26(35)23(38-25(34)14-20(27(36)37)13-24(32)33)12-17(2)10-8-6-7-9-11-21(30)15-22(31)16-28-19(4)29/h17-18,20-23,26,30-31,35H,5-16H2,1-4H3,(H,28,29)(H,32,33)(H,36,37)/t17-,18+,20+,21+,22-,23-,26?/m0/s1. The predicted octanol–water partition coefficient (Wildman–Crippen LogP) is 2.49. The minimum atomic E-state index is -1.39. The summed E-state index contributed by atoms with van der Waals surface area (Å²) in [5, 5.41) is 51.2. The van der Waals surface area contributed by atoms with Gasteiger partial charge in [-0.2, -0.15) is 0 Å². The van der Waals surface area contributed by atoms with E-state index in [0.717, 1.165) is 32.1 Å². The number of nitrogens with one attached hydrogen (secondary N) is 1. The number of carboxylic acid groups (broad SMARTS) is 2. The summed E-state index contributed by atoms with van der Waals surface area (Å²) in [4.78, 5) is 45.5. The van der Waals surface area contributed by atoms with Crippen molar-refractivity contribution < 1.29 is 49.4 Å². The van der Waals surface area contributed by atoms with E-state index in [9.17, 15) is 39.6 Å². The topological polar surface area (TPSA) is 191 Å². The molecule has 38 heavy (non-hydrogen) atoms. The summed E-state index contributed by atoms with van der Waals surface area (Å²) >= 11 is 0. The molecule has 0 aliphatic rings. The van der Waals surface area contributed by atoms with Gasteiger partial charge in [-0.3, -0.25) is 19.2 Å². The van der Waals surface area contributed by atoms with Crippen LogP contribution < -0.4 is 5.32 Å². The Bertz CT molecular complexity index is 716. The lowest BCUT2D eigenvalue weighted by molar-refractivity contribution is -0.163. The number of aliphatic hydroxyl groups is 3. The van der Waals surface area contributed by atoms with Crippen molar-refractivity contribution in [3.05, 3.63) is 0 Å². The maximum Gasteiger partial charge on any atom is 0.307 e. The summed E-state index contributed by atoms with van der Waals surface area (Å²) in [6.45, 7) is 7.23. The van der Waals surface area contributed by atoms with Crippen molar-refractivity contribution >= 4 is 23.8 Å². The Morgan fingerprint density at radius 3 is 1.97 bits per heavy atom. The molecule has 0 aromatic rings. The molecule has 11 nitrogen and oxygen atoms in total. The molecule has 0 fully saturated rings. The SMILES string of the molecule is CC[C@@H](C)C(O)[C@H](C[C@@H](C)CCCCCC[C@@H](O)C[C@H](O)CNC(C)=O)OC(=O)C[C@@H](CC(=O)O)C(=O)O. The highest BCUT2D eigenvalue weighted by Gasteiger charge is 2.31. The molecule has 0 radical (unpaired) electrons. The minimum absolute atomic E-state index is 0.120. The normalized spacial score (nSPS) is 16.9. The van der Waals surface area contributed by atoms with Gasteiger partial charge in [-0.1, -0.05) is 59.3 Å². The molecular weight excluding hydrogens is 498 g/mol. The first-order valence-corrected chi connectivity index (χ1v) is 13.7. The van der Waals surface area contributed by atoms with Crippen LogP contribution in [-0.4, -0.2) is 80.3 Å². The summed E-state index contributed by atoms with van der Waals surface area (Å²) < 4.78 is 5.48.